The summed E-state index contributed by atoms with van der Waals surface area (Å²) in [5.41, 5.74) is 3.70. The van der Waals surface area contributed by atoms with Crippen molar-refractivity contribution in [1.29, 1.82) is 0 Å². The van der Waals surface area contributed by atoms with Crippen molar-refractivity contribution in [3.05, 3.63) is 48.5 Å². The molecule has 0 aliphatic carbocycles. The Bertz CT molecular complexity index is 1110. The minimum absolute atomic E-state index is 0.0249. The number of nitrogens with zero attached hydrogens (tertiary/aromatic N) is 3. The van der Waals surface area contributed by atoms with Crippen LogP contribution in [-0.4, -0.2) is 32.1 Å². The molecule has 2 heterocycles. The lowest BCUT2D eigenvalue weighted by atomic mass is 10.2. The van der Waals surface area contributed by atoms with Crippen LogP contribution in [-0.2, 0) is 4.79 Å². The third-order valence-electron chi connectivity index (χ3n) is 4.47. The Hall–Kier alpha value is -2.60. The van der Waals surface area contributed by atoms with E-state index in [0.717, 1.165) is 39.2 Å². The van der Waals surface area contributed by atoms with Crippen LogP contribution < -0.4 is 5.32 Å². The van der Waals surface area contributed by atoms with Gasteiger partial charge in [-0.3, -0.25) is 9.20 Å². The van der Waals surface area contributed by atoms with E-state index in [4.69, 9.17) is 9.97 Å². The minimum Gasteiger partial charge on any atom is -0.353 e. The van der Waals surface area contributed by atoms with Gasteiger partial charge in [0, 0.05) is 11.4 Å². The van der Waals surface area contributed by atoms with Gasteiger partial charge in [0.1, 0.15) is 5.65 Å². The van der Waals surface area contributed by atoms with Crippen LogP contribution in [0.25, 0.3) is 27.6 Å². The highest BCUT2D eigenvalue weighted by Crippen LogP contribution is 2.28. The molecular weight excluding hydrogens is 344 g/mol. The van der Waals surface area contributed by atoms with Crippen LogP contribution in [0.15, 0.2) is 53.7 Å². The van der Waals surface area contributed by atoms with E-state index in [2.05, 4.69) is 16.6 Å². The molecule has 2 aromatic heterocycles. The van der Waals surface area contributed by atoms with Crippen molar-refractivity contribution in [3.63, 3.8) is 0 Å². The zero-order valence-corrected chi connectivity index (χ0v) is 15.6. The van der Waals surface area contributed by atoms with Gasteiger partial charge in [-0.05, 0) is 37.6 Å². The highest BCUT2D eigenvalue weighted by molar-refractivity contribution is 7.99. The van der Waals surface area contributed by atoms with E-state index in [0.29, 0.717) is 5.75 Å². The van der Waals surface area contributed by atoms with Crippen molar-refractivity contribution in [2.24, 2.45) is 0 Å². The second kappa shape index (κ2) is 6.96. The summed E-state index contributed by atoms with van der Waals surface area (Å²) in [5.74, 6) is 0.356. The number of rotatable bonds is 5. The number of hydrogen-bond acceptors (Lipinski definition) is 4. The van der Waals surface area contributed by atoms with Crippen LogP contribution in [0.4, 0.5) is 0 Å². The molecule has 6 heteroatoms. The van der Waals surface area contributed by atoms with Crippen molar-refractivity contribution >= 4 is 45.3 Å². The summed E-state index contributed by atoms with van der Waals surface area (Å²) in [5, 5.41) is 4.80. The Morgan fingerprint density at radius 3 is 2.65 bits per heavy atom. The second-order valence-corrected chi connectivity index (χ2v) is 7.28. The van der Waals surface area contributed by atoms with Gasteiger partial charge in [0.2, 0.25) is 5.91 Å². The number of carbonyl (C=O) groups excluding carboxylic acids is 1. The fourth-order valence-corrected chi connectivity index (χ4v) is 3.78. The standard InChI is InChI=1S/C20H20N4OS/c1-3-13(2)21-18(25)12-26-20-23-15-9-5-4-8-14(15)19-22-16-10-6-7-11-17(16)24(19)20/h4-11,13H,3,12H2,1-2H3,(H,21,25)/t13-/m1/s1. The van der Waals surface area contributed by atoms with Gasteiger partial charge in [-0.25, -0.2) is 9.97 Å². The Balaban J connectivity index is 1.80. The molecule has 0 unspecified atom stereocenters. The lowest BCUT2D eigenvalue weighted by Gasteiger charge is -2.12. The van der Waals surface area contributed by atoms with Crippen LogP contribution in [0, 0.1) is 0 Å². The van der Waals surface area contributed by atoms with Crippen LogP contribution in [0.5, 0.6) is 0 Å². The van der Waals surface area contributed by atoms with Gasteiger partial charge in [-0.1, -0.05) is 43.0 Å². The number of hydrogen-bond donors (Lipinski definition) is 1. The van der Waals surface area contributed by atoms with Crippen molar-refractivity contribution in [2.45, 2.75) is 31.5 Å². The summed E-state index contributed by atoms with van der Waals surface area (Å²) in [6, 6.07) is 16.2. The summed E-state index contributed by atoms with van der Waals surface area (Å²) in [4.78, 5) is 21.8. The molecule has 1 amide bonds. The average Bonchev–Trinajstić information content (AvgIpc) is 3.06. The maximum Gasteiger partial charge on any atom is 0.230 e. The van der Waals surface area contributed by atoms with Gasteiger partial charge in [-0.15, -0.1) is 0 Å². The fraction of sp³-hybridized carbons (Fsp3) is 0.250. The first-order valence-electron chi connectivity index (χ1n) is 8.75. The van der Waals surface area contributed by atoms with E-state index in [1.54, 1.807) is 0 Å². The van der Waals surface area contributed by atoms with E-state index >= 15 is 0 Å². The summed E-state index contributed by atoms with van der Waals surface area (Å²) >= 11 is 1.44. The van der Waals surface area contributed by atoms with Gasteiger partial charge < -0.3 is 5.32 Å². The Labute approximate surface area is 155 Å². The quantitative estimate of drug-likeness (QED) is 0.429. The second-order valence-electron chi connectivity index (χ2n) is 6.34. The number of amides is 1. The maximum absolute atomic E-state index is 12.2. The van der Waals surface area contributed by atoms with Crippen LogP contribution in [0.1, 0.15) is 20.3 Å². The van der Waals surface area contributed by atoms with Crippen LogP contribution in [0.2, 0.25) is 0 Å². The van der Waals surface area contributed by atoms with E-state index in [1.165, 1.54) is 11.8 Å². The first-order valence-corrected chi connectivity index (χ1v) is 9.74. The zero-order chi connectivity index (χ0) is 18.1. The van der Waals surface area contributed by atoms with Gasteiger partial charge in [0.15, 0.2) is 5.16 Å². The number of benzene rings is 2. The van der Waals surface area contributed by atoms with Gasteiger partial charge in [0.05, 0.1) is 22.3 Å². The largest absolute Gasteiger partial charge is 0.353 e. The number of fused-ring (bicyclic) bond motifs is 5. The first kappa shape index (κ1) is 16.8. The maximum atomic E-state index is 12.2. The molecule has 0 spiro atoms. The zero-order valence-electron chi connectivity index (χ0n) is 14.8. The molecule has 0 saturated carbocycles. The molecule has 4 aromatic rings. The molecule has 1 atom stereocenters. The molecule has 0 fully saturated rings. The molecule has 1 N–H and O–H groups in total. The average molecular weight is 364 g/mol. The van der Waals surface area contributed by atoms with E-state index in [1.807, 2.05) is 55.5 Å². The van der Waals surface area contributed by atoms with Crippen molar-refractivity contribution in [3.8, 4) is 0 Å². The topological polar surface area (TPSA) is 59.3 Å². The molecular formula is C20H20N4OS. The van der Waals surface area contributed by atoms with E-state index in [-0.39, 0.29) is 11.9 Å². The SMILES string of the molecule is CC[C@@H](C)NC(=O)CSc1nc2ccccc2c2nc3ccccc3n12. The molecule has 0 aliphatic rings. The van der Waals surface area contributed by atoms with Gasteiger partial charge >= 0.3 is 0 Å². The Morgan fingerprint density at radius 1 is 1.12 bits per heavy atom. The van der Waals surface area contributed by atoms with Gasteiger partial charge in [0.25, 0.3) is 0 Å². The number of thioether (sulfide) groups is 1. The van der Waals surface area contributed by atoms with Crippen molar-refractivity contribution in [1.82, 2.24) is 19.7 Å². The first-order chi connectivity index (χ1) is 12.7. The molecule has 0 saturated heterocycles. The lowest BCUT2D eigenvalue weighted by molar-refractivity contribution is -0.119. The Kier molecular flexibility index (Phi) is 4.51. The number of imidazole rings is 1. The van der Waals surface area contributed by atoms with E-state index in [9.17, 15) is 4.79 Å². The molecule has 0 aliphatic heterocycles. The number of aromatic nitrogens is 3. The lowest BCUT2D eigenvalue weighted by Crippen LogP contribution is -2.33. The normalized spacial score (nSPS) is 12.7. The molecule has 5 nitrogen and oxygen atoms in total. The van der Waals surface area contributed by atoms with Crippen molar-refractivity contribution in [2.75, 3.05) is 5.75 Å². The number of nitrogens with one attached hydrogen (secondary N) is 1. The van der Waals surface area contributed by atoms with Crippen LogP contribution in [0.3, 0.4) is 0 Å². The fourth-order valence-electron chi connectivity index (χ4n) is 2.96. The van der Waals surface area contributed by atoms with Crippen molar-refractivity contribution < 1.29 is 4.79 Å². The monoisotopic (exact) mass is 364 g/mol. The number of para-hydroxylation sites is 3. The molecule has 2 aromatic carbocycles. The molecule has 0 bridgehead atoms. The molecule has 26 heavy (non-hydrogen) atoms. The number of carbonyl (C=O) groups is 1. The van der Waals surface area contributed by atoms with E-state index < -0.39 is 0 Å². The highest BCUT2D eigenvalue weighted by Gasteiger charge is 2.15. The molecule has 0 radical (unpaired) electrons. The summed E-state index contributed by atoms with van der Waals surface area (Å²) in [6.07, 6.45) is 0.918. The van der Waals surface area contributed by atoms with Gasteiger partial charge in [-0.2, -0.15) is 0 Å². The summed E-state index contributed by atoms with van der Waals surface area (Å²) in [6.45, 7) is 4.07. The summed E-state index contributed by atoms with van der Waals surface area (Å²) in [7, 11) is 0. The predicted molar refractivity (Wildman–Crippen MR) is 107 cm³/mol. The molecule has 4 rings (SSSR count). The third kappa shape index (κ3) is 3.01. The van der Waals surface area contributed by atoms with Crippen LogP contribution >= 0.6 is 11.8 Å². The highest BCUT2D eigenvalue weighted by atomic mass is 32.2. The summed E-state index contributed by atoms with van der Waals surface area (Å²) < 4.78 is 2.05. The predicted octanol–water partition coefficient (Wildman–Crippen LogP) is 4.04. The minimum atomic E-state index is 0.0249. The smallest absolute Gasteiger partial charge is 0.230 e. The molecule has 132 valence electrons. The Morgan fingerprint density at radius 2 is 1.85 bits per heavy atom. The third-order valence-corrected chi connectivity index (χ3v) is 5.40.